The van der Waals surface area contributed by atoms with Crippen LogP contribution in [0.25, 0.3) is 16.5 Å². The number of allylic oxidation sites excluding steroid dienone is 2. The molecule has 1 aliphatic carbocycles. The molecule has 3 aromatic rings. The number of rotatable bonds is 3. The van der Waals surface area contributed by atoms with E-state index in [-0.39, 0.29) is 17.9 Å². The lowest BCUT2D eigenvalue weighted by atomic mass is 9.90. The molecule has 166 valence electrons. The van der Waals surface area contributed by atoms with Crippen molar-refractivity contribution in [1.29, 1.82) is 0 Å². The monoisotopic (exact) mass is 431 g/mol. The second-order valence-electron chi connectivity index (χ2n) is 8.21. The van der Waals surface area contributed by atoms with Crippen LogP contribution in [0, 0.1) is 20.8 Å². The van der Waals surface area contributed by atoms with Crippen LogP contribution in [-0.2, 0) is 27.3 Å². The third-order valence-corrected chi connectivity index (χ3v) is 5.50. The molecule has 0 radical (unpaired) electrons. The molecular formula is C27H29NO4. The van der Waals surface area contributed by atoms with Crippen LogP contribution in [0.4, 0.5) is 0 Å². The summed E-state index contributed by atoms with van der Waals surface area (Å²) in [6.07, 6.45) is 2.30. The first-order valence-electron chi connectivity index (χ1n) is 10.8. The van der Waals surface area contributed by atoms with Gasteiger partial charge in [0.1, 0.15) is 6.54 Å². The Labute approximate surface area is 188 Å². The summed E-state index contributed by atoms with van der Waals surface area (Å²) in [5, 5.41) is 0.981. The maximum atomic E-state index is 12.1. The van der Waals surface area contributed by atoms with Crippen molar-refractivity contribution >= 4 is 28.2 Å². The van der Waals surface area contributed by atoms with Gasteiger partial charge in [-0.2, -0.15) is 0 Å². The Morgan fingerprint density at radius 2 is 1.66 bits per heavy atom. The predicted octanol–water partition coefficient (Wildman–Crippen LogP) is 4.70. The summed E-state index contributed by atoms with van der Waals surface area (Å²) in [5.41, 5.74) is 7.28. The molecule has 2 aromatic carbocycles. The Morgan fingerprint density at radius 1 is 0.969 bits per heavy atom. The van der Waals surface area contributed by atoms with Gasteiger partial charge in [-0.3, -0.25) is 19.0 Å². The van der Waals surface area contributed by atoms with Gasteiger partial charge in [-0.25, -0.2) is 0 Å². The minimum atomic E-state index is -0.392. The fraction of sp³-hybridized carbons (Fsp3) is 0.296. The first-order chi connectivity index (χ1) is 15.2. The van der Waals surface area contributed by atoms with Gasteiger partial charge in [0.2, 0.25) is 0 Å². The van der Waals surface area contributed by atoms with Gasteiger partial charge in [-0.1, -0.05) is 35.9 Å². The number of esters is 1. The van der Waals surface area contributed by atoms with E-state index >= 15 is 0 Å². The van der Waals surface area contributed by atoms with Crippen molar-refractivity contribution in [1.82, 2.24) is 4.57 Å². The number of pyridine rings is 1. The maximum absolute atomic E-state index is 12.1. The number of nitrogens with zero attached hydrogens (tertiary/aromatic N) is 1. The smallest absolute Gasteiger partial charge is 0.326 e. The summed E-state index contributed by atoms with van der Waals surface area (Å²) in [5.74, 6) is -0.174. The SMILES string of the molecule is CC1=CC(=O)Cc2cc(C)ccc21.CCOC(=O)Cn1c(=O)cc(C)c2ccc(C)cc21. The van der Waals surface area contributed by atoms with Crippen LogP contribution in [-0.4, -0.2) is 22.9 Å². The van der Waals surface area contributed by atoms with Crippen LogP contribution in [0.15, 0.2) is 53.3 Å². The molecule has 1 heterocycles. The standard InChI is InChI=1S/C15H17NO3.C12H12O/c1-4-19-15(18)9-16-13-7-10(2)5-6-12(13)11(3)8-14(16)17;1-8-3-4-12-9(2)6-11(13)7-10(12)5-8/h5-8H,4,9H2,1-3H3;3-6H,7H2,1-2H3. The van der Waals surface area contributed by atoms with Gasteiger partial charge in [-0.05, 0) is 74.6 Å². The molecule has 1 aliphatic rings. The zero-order chi connectivity index (χ0) is 23.4. The molecule has 0 bridgehead atoms. The lowest BCUT2D eigenvalue weighted by molar-refractivity contribution is -0.143. The van der Waals surface area contributed by atoms with Gasteiger partial charge in [0.15, 0.2) is 5.78 Å². The van der Waals surface area contributed by atoms with Crippen molar-refractivity contribution in [3.8, 4) is 0 Å². The van der Waals surface area contributed by atoms with E-state index in [0.717, 1.165) is 27.6 Å². The normalized spacial score (nSPS) is 12.5. The molecule has 0 amide bonds. The van der Waals surface area contributed by atoms with E-state index in [2.05, 4.69) is 25.1 Å². The molecule has 32 heavy (non-hydrogen) atoms. The lowest BCUT2D eigenvalue weighted by Gasteiger charge is -2.14. The summed E-state index contributed by atoms with van der Waals surface area (Å²) >= 11 is 0. The molecule has 4 rings (SSSR count). The summed E-state index contributed by atoms with van der Waals surface area (Å²) in [7, 11) is 0. The Kier molecular flexibility index (Phi) is 7.08. The van der Waals surface area contributed by atoms with Gasteiger partial charge in [0, 0.05) is 17.9 Å². The first-order valence-corrected chi connectivity index (χ1v) is 10.8. The molecule has 1 aromatic heterocycles. The van der Waals surface area contributed by atoms with Gasteiger partial charge in [0.05, 0.1) is 12.1 Å². The second kappa shape index (κ2) is 9.77. The van der Waals surface area contributed by atoms with E-state index in [0.29, 0.717) is 13.0 Å². The molecular weight excluding hydrogens is 402 g/mol. The highest BCUT2D eigenvalue weighted by Gasteiger charge is 2.14. The van der Waals surface area contributed by atoms with Crippen molar-refractivity contribution in [3.05, 3.63) is 86.7 Å². The number of carbonyl (C=O) groups excluding carboxylic acids is 2. The fourth-order valence-corrected chi connectivity index (χ4v) is 3.97. The zero-order valence-electron chi connectivity index (χ0n) is 19.3. The highest BCUT2D eigenvalue weighted by molar-refractivity contribution is 6.01. The van der Waals surface area contributed by atoms with E-state index < -0.39 is 5.97 Å². The van der Waals surface area contributed by atoms with Crippen LogP contribution in [0.2, 0.25) is 0 Å². The number of aromatic nitrogens is 1. The second-order valence-corrected chi connectivity index (χ2v) is 8.21. The van der Waals surface area contributed by atoms with Gasteiger partial charge in [-0.15, -0.1) is 0 Å². The minimum absolute atomic E-state index is 0.0487. The number of hydrogen-bond acceptors (Lipinski definition) is 4. The predicted molar refractivity (Wildman–Crippen MR) is 128 cm³/mol. The van der Waals surface area contributed by atoms with Crippen LogP contribution >= 0.6 is 0 Å². The van der Waals surface area contributed by atoms with Crippen molar-refractivity contribution in [2.24, 2.45) is 0 Å². The molecule has 0 N–H and O–H groups in total. The quantitative estimate of drug-likeness (QED) is 0.564. The van der Waals surface area contributed by atoms with Crippen LogP contribution in [0.3, 0.4) is 0 Å². The molecule has 0 spiro atoms. The zero-order valence-corrected chi connectivity index (χ0v) is 19.3. The van der Waals surface area contributed by atoms with E-state index in [1.165, 1.54) is 21.3 Å². The third kappa shape index (κ3) is 5.22. The molecule has 0 fully saturated rings. The molecule has 5 heteroatoms. The molecule has 0 saturated heterocycles. The summed E-state index contributed by atoms with van der Waals surface area (Å²) in [6.45, 7) is 9.92. The van der Waals surface area contributed by atoms with Crippen molar-refractivity contribution in [2.45, 2.75) is 47.6 Å². The average molecular weight is 432 g/mol. The van der Waals surface area contributed by atoms with Crippen molar-refractivity contribution in [2.75, 3.05) is 6.61 Å². The van der Waals surface area contributed by atoms with Crippen molar-refractivity contribution < 1.29 is 14.3 Å². The Morgan fingerprint density at radius 3 is 2.38 bits per heavy atom. The number of hydrogen-bond donors (Lipinski definition) is 0. The molecule has 0 aliphatic heterocycles. The average Bonchev–Trinajstić information content (AvgIpc) is 2.71. The number of benzene rings is 2. The van der Waals surface area contributed by atoms with E-state index in [9.17, 15) is 14.4 Å². The number of carbonyl (C=O) groups is 2. The fourth-order valence-electron chi connectivity index (χ4n) is 3.97. The number of ketones is 1. The van der Waals surface area contributed by atoms with Crippen molar-refractivity contribution in [3.63, 3.8) is 0 Å². The topological polar surface area (TPSA) is 65.4 Å². The van der Waals surface area contributed by atoms with Crippen LogP contribution < -0.4 is 5.56 Å². The van der Waals surface area contributed by atoms with Crippen LogP contribution in [0.5, 0.6) is 0 Å². The van der Waals surface area contributed by atoms with E-state index in [1.807, 2.05) is 39.0 Å². The van der Waals surface area contributed by atoms with E-state index in [4.69, 9.17) is 4.74 Å². The maximum Gasteiger partial charge on any atom is 0.326 e. The van der Waals surface area contributed by atoms with Gasteiger partial charge in [0.25, 0.3) is 5.56 Å². The van der Waals surface area contributed by atoms with Gasteiger partial charge >= 0.3 is 5.97 Å². The Hall–Kier alpha value is -3.47. The molecule has 0 saturated carbocycles. The highest BCUT2D eigenvalue weighted by atomic mass is 16.5. The largest absolute Gasteiger partial charge is 0.465 e. The Balaban J connectivity index is 0.000000193. The Bertz CT molecular complexity index is 1280. The number of aryl methyl sites for hydroxylation is 3. The number of ether oxygens (including phenoxy) is 1. The van der Waals surface area contributed by atoms with Gasteiger partial charge < -0.3 is 4.74 Å². The van der Waals surface area contributed by atoms with Crippen LogP contribution in [0.1, 0.15) is 41.7 Å². The minimum Gasteiger partial charge on any atom is -0.465 e. The summed E-state index contributed by atoms with van der Waals surface area (Å²) in [4.78, 5) is 34.9. The molecule has 0 atom stereocenters. The van der Waals surface area contributed by atoms with E-state index in [1.54, 1.807) is 19.1 Å². The lowest BCUT2D eigenvalue weighted by Crippen LogP contribution is -2.25. The molecule has 0 unspecified atom stereocenters. The highest BCUT2D eigenvalue weighted by Crippen LogP contribution is 2.25. The number of fused-ring (bicyclic) bond motifs is 2. The molecule has 5 nitrogen and oxygen atoms in total. The summed E-state index contributed by atoms with van der Waals surface area (Å²) in [6, 6.07) is 13.7. The third-order valence-electron chi connectivity index (χ3n) is 5.50. The first kappa shape index (κ1) is 23.2. The summed E-state index contributed by atoms with van der Waals surface area (Å²) < 4.78 is 6.38.